The Morgan fingerprint density at radius 3 is 2.60 bits per heavy atom. The van der Waals surface area contributed by atoms with Crippen molar-refractivity contribution in [3.63, 3.8) is 0 Å². The molecule has 4 aromatic rings. The van der Waals surface area contributed by atoms with Crippen LogP contribution in [-0.4, -0.2) is 31.6 Å². The van der Waals surface area contributed by atoms with E-state index >= 15 is 0 Å². The Morgan fingerprint density at radius 2 is 1.87 bits per heavy atom. The van der Waals surface area contributed by atoms with Crippen molar-refractivity contribution in [1.82, 2.24) is 19.2 Å². The second kappa shape index (κ2) is 7.40. The fraction of sp³-hybridized carbons (Fsp3) is 0.304. The minimum absolute atomic E-state index is 0.132. The van der Waals surface area contributed by atoms with Crippen LogP contribution in [0.15, 0.2) is 53.3 Å². The molecule has 0 atom stereocenters. The van der Waals surface area contributed by atoms with Crippen molar-refractivity contribution in [3.05, 3.63) is 70.3 Å². The zero-order valence-electron chi connectivity index (χ0n) is 16.9. The van der Waals surface area contributed by atoms with Gasteiger partial charge in [-0.2, -0.15) is 0 Å². The quantitative estimate of drug-likeness (QED) is 0.481. The van der Waals surface area contributed by atoms with Gasteiger partial charge in [-0.25, -0.2) is 0 Å². The average Bonchev–Trinajstić information content (AvgIpc) is 3.43. The second-order valence-electron chi connectivity index (χ2n) is 7.91. The summed E-state index contributed by atoms with van der Waals surface area (Å²) in [5.41, 5.74) is 2.40. The van der Waals surface area contributed by atoms with E-state index in [1.165, 1.54) is 0 Å². The Labute approximate surface area is 173 Å². The molecule has 2 aromatic carbocycles. The second-order valence-corrected chi connectivity index (χ2v) is 7.91. The van der Waals surface area contributed by atoms with Gasteiger partial charge >= 0.3 is 0 Å². The summed E-state index contributed by atoms with van der Waals surface area (Å²) in [7, 11) is 0. The van der Waals surface area contributed by atoms with Crippen LogP contribution in [0.25, 0.3) is 16.7 Å². The fourth-order valence-corrected chi connectivity index (χ4v) is 4.54. The molecular weight excluding hydrogens is 378 g/mol. The molecule has 0 aliphatic heterocycles. The van der Waals surface area contributed by atoms with Gasteiger partial charge in [0.1, 0.15) is 5.82 Å². The number of hydrogen-bond acceptors (Lipinski definition) is 4. The highest BCUT2D eigenvalue weighted by Gasteiger charge is 2.24. The molecule has 0 saturated heterocycles. The normalized spacial score (nSPS) is 14.6. The van der Waals surface area contributed by atoms with E-state index in [9.17, 15) is 9.59 Å². The molecule has 152 valence electrons. The van der Waals surface area contributed by atoms with Crippen molar-refractivity contribution in [2.24, 2.45) is 0 Å². The Balaban J connectivity index is 1.72. The minimum Gasteiger partial charge on any atom is -0.312 e. The van der Waals surface area contributed by atoms with Gasteiger partial charge in [0.2, 0.25) is 12.2 Å². The lowest BCUT2D eigenvalue weighted by molar-refractivity contribution is -0.107. The van der Waals surface area contributed by atoms with E-state index in [0.29, 0.717) is 23.5 Å². The summed E-state index contributed by atoms with van der Waals surface area (Å²) < 4.78 is 3.56. The van der Waals surface area contributed by atoms with Gasteiger partial charge in [-0.05, 0) is 43.5 Å². The lowest BCUT2D eigenvalue weighted by Gasteiger charge is -2.25. The first-order valence-electron chi connectivity index (χ1n) is 10.3. The van der Waals surface area contributed by atoms with Crippen LogP contribution in [-0.2, 0) is 11.3 Å². The Hall–Kier alpha value is -3.48. The maximum absolute atomic E-state index is 13.5. The van der Waals surface area contributed by atoms with Crippen LogP contribution < -0.4 is 10.5 Å². The SMILES string of the molecule is Cc1nnc2n(Cc3ccccc3)c(=O)c3cc(N(C=O)C4CCCC4)ccc3n12. The molecule has 7 nitrogen and oxygen atoms in total. The van der Waals surface area contributed by atoms with E-state index in [2.05, 4.69) is 10.2 Å². The van der Waals surface area contributed by atoms with Crippen molar-refractivity contribution in [2.75, 3.05) is 4.90 Å². The molecule has 0 bridgehead atoms. The highest BCUT2D eigenvalue weighted by Crippen LogP contribution is 2.29. The molecule has 2 heterocycles. The third-order valence-electron chi connectivity index (χ3n) is 6.06. The zero-order chi connectivity index (χ0) is 20.7. The molecule has 1 aliphatic carbocycles. The summed E-state index contributed by atoms with van der Waals surface area (Å²) in [6.07, 6.45) is 5.15. The number of fused-ring (bicyclic) bond motifs is 3. The van der Waals surface area contributed by atoms with Crippen molar-refractivity contribution in [2.45, 2.75) is 45.2 Å². The molecule has 1 saturated carbocycles. The number of rotatable bonds is 5. The number of nitrogens with zero attached hydrogens (tertiary/aromatic N) is 5. The maximum Gasteiger partial charge on any atom is 0.263 e. The molecule has 5 rings (SSSR count). The van der Waals surface area contributed by atoms with Crippen LogP contribution in [0.3, 0.4) is 0 Å². The largest absolute Gasteiger partial charge is 0.312 e. The van der Waals surface area contributed by atoms with Gasteiger partial charge in [0.05, 0.1) is 17.4 Å². The lowest BCUT2D eigenvalue weighted by atomic mass is 10.1. The third-order valence-corrected chi connectivity index (χ3v) is 6.06. The van der Waals surface area contributed by atoms with Gasteiger partial charge in [-0.3, -0.25) is 18.6 Å². The summed E-state index contributed by atoms with van der Waals surface area (Å²) in [5, 5.41) is 9.04. The molecule has 1 amide bonds. The maximum atomic E-state index is 13.5. The van der Waals surface area contributed by atoms with Crippen molar-refractivity contribution < 1.29 is 4.79 Å². The van der Waals surface area contributed by atoms with Crippen molar-refractivity contribution in [1.29, 1.82) is 0 Å². The molecule has 7 heteroatoms. The number of aryl methyl sites for hydroxylation is 1. The first-order chi connectivity index (χ1) is 14.7. The standard InChI is InChI=1S/C23H23N5O2/c1-16-24-25-23-26(14-17-7-3-2-4-8-17)22(30)20-13-19(11-12-21(20)28(16)23)27(15-29)18-9-5-6-10-18/h2-4,7-8,11-13,15,18H,5-6,9-10,14H2,1H3. The molecule has 0 unspecified atom stereocenters. The Morgan fingerprint density at radius 1 is 1.10 bits per heavy atom. The number of amides is 1. The number of hydrogen-bond donors (Lipinski definition) is 0. The number of carbonyl (C=O) groups is 1. The van der Waals surface area contributed by atoms with Gasteiger partial charge < -0.3 is 4.90 Å². The molecule has 0 radical (unpaired) electrons. The topological polar surface area (TPSA) is 72.5 Å². The molecule has 0 spiro atoms. The van der Waals surface area contributed by atoms with Crippen LogP contribution in [0, 0.1) is 6.92 Å². The predicted octanol–water partition coefficient (Wildman–Crippen LogP) is 3.31. The first kappa shape index (κ1) is 18.5. The summed E-state index contributed by atoms with van der Waals surface area (Å²) in [5.74, 6) is 1.23. The highest BCUT2D eigenvalue weighted by atomic mass is 16.1. The molecule has 0 N–H and O–H groups in total. The van der Waals surface area contributed by atoms with Gasteiger partial charge in [0.25, 0.3) is 5.56 Å². The van der Waals surface area contributed by atoms with E-state index in [1.54, 1.807) is 9.47 Å². The van der Waals surface area contributed by atoms with Crippen LogP contribution in [0.2, 0.25) is 0 Å². The van der Waals surface area contributed by atoms with Crippen molar-refractivity contribution in [3.8, 4) is 0 Å². The molecule has 1 fully saturated rings. The van der Waals surface area contributed by atoms with Gasteiger partial charge in [0.15, 0.2) is 0 Å². The van der Waals surface area contributed by atoms with Gasteiger partial charge in [-0.15, -0.1) is 10.2 Å². The van der Waals surface area contributed by atoms with E-state index in [-0.39, 0.29) is 11.6 Å². The molecule has 30 heavy (non-hydrogen) atoms. The van der Waals surface area contributed by atoms with Crippen molar-refractivity contribution >= 4 is 28.8 Å². The highest BCUT2D eigenvalue weighted by molar-refractivity contribution is 5.87. The predicted molar refractivity (Wildman–Crippen MR) is 116 cm³/mol. The zero-order valence-corrected chi connectivity index (χ0v) is 16.9. The minimum atomic E-state index is -0.132. The summed E-state index contributed by atoms with van der Waals surface area (Å²) in [4.78, 5) is 27.2. The monoisotopic (exact) mass is 401 g/mol. The van der Waals surface area contributed by atoms with Crippen LogP contribution >= 0.6 is 0 Å². The number of benzene rings is 2. The third kappa shape index (κ3) is 2.98. The number of anilines is 1. The summed E-state index contributed by atoms with van der Waals surface area (Å²) in [6, 6.07) is 15.7. The van der Waals surface area contributed by atoms with E-state index in [1.807, 2.05) is 59.9 Å². The summed E-state index contributed by atoms with van der Waals surface area (Å²) in [6.45, 7) is 2.28. The smallest absolute Gasteiger partial charge is 0.263 e. The molecular formula is C23H23N5O2. The van der Waals surface area contributed by atoms with E-state index in [4.69, 9.17) is 0 Å². The van der Waals surface area contributed by atoms with Crippen LogP contribution in [0.4, 0.5) is 5.69 Å². The average molecular weight is 401 g/mol. The molecule has 1 aliphatic rings. The van der Waals surface area contributed by atoms with Gasteiger partial charge in [-0.1, -0.05) is 43.2 Å². The first-order valence-corrected chi connectivity index (χ1v) is 10.3. The van der Waals surface area contributed by atoms with Gasteiger partial charge in [0, 0.05) is 11.7 Å². The number of aromatic nitrogens is 4. The Bertz CT molecular complexity index is 1290. The van der Waals surface area contributed by atoms with Crippen LogP contribution in [0.5, 0.6) is 0 Å². The van der Waals surface area contributed by atoms with Crippen LogP contribution in [0.1, 0.15) is 37.1 Å². The lowest BCUT2D eigenvalue weighted by Crippen LogP contribution is -2.32. The summed E-state index contributed by atoms with van der Waals surface area (Å²) >= 11 is 0. The van der Waals surface area contributed by atoms with E-state index in [0.717, 1.165) is 48.9 Å². The fourth-order valence-electron chi connectivity index (χ4n) is 4.54. The van der Waals surface area contributed by atoms with E-state index < -0.39 is 0 Å². The molecule has 2 aromatic heterocycles. The Kier molecular flexibility index (Phi) is 4.58. The number of carbonyl (C=O) groups excluding carboxylic acids is 1.